The maximum Gasteiger partial charge on any atom is 0.236 e. The van der Waals surface area contributed by atoms with E-state index in [9.17, 15) is 4.79 Å². The first kappa shape index (κ1) is 25.3. The number of piperidine rings is 1. The first-order valence-electron chi connectivity index (χ1n) is 12.7. The summed E-state index contributed by atoms with van der Waals surface area (Å²) in [5.74, 6) is 2.97. The van der Waals surface area contributed by atoms with Crippen molar-refractivity contribution in [2.24, 2.45) is 5.92 Å². The molecule has 0 N–H and O–H groups in total. The highest BCUT2D eigenvalue weighted by molar-refractivity contribution is 5.78. The van der Waals surface area contributed by atoms with Gasteiger partial charge in [0.15, 0.2) is 11.5 Å². The second kappa shape index (κ2) is 12.3. The van der Waals surface area contributed by atoms with Crippen LogP contribution in [-0.2, 0) is 17.8 Å². The van der Waals surface area contributed by atoms with E-state index in [-0.39, 0.29) is 5.91 Å². The second-order valence-electron chi connectivity index (χ2n) is 9.56. The van der Waals surface area contributed by atoms with Crippen molar-refractivity contribution >= 4 is 5.91 Å². The van der Waals surface area contributed by atoms with E-state index in [1.807, 2.05) is 12.1 Å². The standard InChI is InChI=1S/C28H39N3O4/c1-33-25-10-9-24(27(34-2)28(25)35-3)20-29-15-17-30(18-16-29)21-26(32)31-13-11-23(12-14-31)19-22-7-5-4-6-8-22/h4-10,23H,11-21H2,1-3H3. The summed E-state index contributed by atoms with van der Waals surface area (Å²) in [5, 5.41) is 0. The van der Waals surface area contributed by atoms with Gasteiger partial charge in [0.25, 0.3) is 0 Å². The van der Waals surface area contributed by atoms with Crippen molar-refractivity contribution in [1.29, 1.82) is 0 Å². The molecule has 35 heavy (non-hydrogen) atoms. The third-order valence-corrected chi connectivity index (χ3v) is 7.34. The summed E-state index contributed by atoms with van der Waals surface area (Å²) in [6, 6.07) is 14.7. The van der Waals surface area contributed by atoms with E-state index in [4.69, 9.17) is 14.2 Å². The number of likely N-dealkylation sites (tertiary alicyclic amines) is 1. The number of hydrogen-bond acceptors (Lipinski definition) is 6. The Hall–Kier alpha value is -2.77. The SMILES string of the molecule is COc1ccc(CN2CCN(CC(=O)N3CCC(Cc4ccccc4)CC3)CC2)c(OC)c1OC. The van der Waals surface area contributed by atoms with Crippen LogP contribution in [0.25, 0.3) is 0 Å². The molecule has 7 heteroatoms. The average Bonchev–Trinajstić information content (AvgIpc) is 2.90. The minimum absolute atomic E-state index is 0.276. The summed E-state index contributed by atoms with van der Waals surface area (Å²) < 4.78 is 16.6. The van der Waals surface area contributed by atoms with Gasteiger partial charge in [0.05, 0.1) is 27.9 Å². The van der Waals surface area contributed by atoms with Crippen molar-refractivity contribution in [3.05, 3.63) is 53.6 Å². The normalized spacial score (nSPS) is 17.9. The van der Waals surface area contributed by atoms with E-state index < -0.39 is 0 Å². The van der Waals surface area contributed by atoms with Crippen molar-refractivity contribution < 1.29 is 19.0 Å². The lowest BCUT2D eigenvalue weighted by Gasteiger charge is -2.37. The van der Waals surface area contributed by atoms with Crippen molar-refractivity contribution in [3.8, 4) is 17.2 Å². The molecule has 2 saturated heterocycles. The predicted molar refractivity (Wildman–Crippen MR) is 137 cm³/mol. The second-order valence-corrected chi connectivity index (χ2v) is 9.56. The van der Waals surface area contributed by atoms with Crippen LogP contribution in [0.3, 0.4) is 0 Å². The molecule has 2 aliphatic rings. The monoisotopic (exact) mass is 481 g/mol. The lowest BCUT2D eigenvalue weighted by Crippen LogP contribution is -2.50. The van der Waals surface area contributed by atoms with Crippen LogP contribution < -0.4 is 14.2 Å². The molecule has 0 radical (unpaired) electrons. The topological polar surface area (TPSA) is 54.5 Å². The number of hydrogen-bond donors (Lipinski definition) is 0. The van der Waals surface area contributed by atoms with Crippen LogP contribution in [0.5, 0.6) is 17.2 Å². The van der Waals surface area contributed by atoms with Crippen molar-refractivity contribution in [1.82, 2.24) is 14.7 Å². The van der Waals surface area contributed by atoms with Crippen molar-refractivity contribution in [3.63, 3.8) is 0 Å². The van der Waals surface area contributed by atoms with E-state index in [2.05, 4.69) is 45.0 Å². The van der Waals surface area contributed by atoms with Gasteiger partial charge in [-0.1, -0.05) is 36.4 Å². The fraction of sp³-hybridized carbons (Fsp3) is 0.536. The van der Waals surface area contributed by atoms with Gasteiger partial charge in [0.1, 0.15) is 0 Å². The first-order chi connectivity index (χ1) is 17.1. The molecule has 2 fully saturated rings. The number of carbonyl (C=O) groups excluding carboxylic acids is 1. The Morgan fingerprint density at radius 1 is 0.800 bits per heavy atom. The van der Waals surface area contributed by atoms with E-state index in [0.717, 1.165) is 76.4 Å². The first-order valence-corrected chi connectivity index (χ1v) is 12.7. The van der Waals surface area contributed by atoms with Crippen LogP contribution >= 0.6 is 0 Å². The lowest BCUT2D eigenvalue weighted by molar-refractivity contribution is -0.134. The van der Waals surface area contributed by atoms with E-state index >= 15 is 0 Å². The smallest absolute Gasteiger partial charge is 0.236 e. The maximum absolute atomic E-state index is 12.9. The van der Waals surface area contributed by atoms with Gasteiger partial charge in [0, 0.05) is 51.4 Å². The van der Waals surface area contributed by atoms with Crippen LogP contribution in [0.4, 0.5) is 0 Å². The van der Waals surface area contributed by atoms with E-state index in [1.165, 1.54) is 5.56 Å². The molecular formula is C28H39N3O4. The summed E-state index contributed by atoms with van der Waals surface area (Å²) in [5.41, 5.74) is 2.48. The third-order valence-electron chi connectivity index (χ3n) is 7.34. The van der Waals surface area contributed by atoms with Crippen LogP contribution in [0.1, 0.15) is 24.0 Å². The Morgan fingerprint density at radius 2 is 1.46 bits per heavy atom. The zero-order valence-electron chi connectivity index (χ0n) is 21.4. The Labute approximate surface area is 209 Å². The van der Waals surface area contributed by atoms with E-state index in [0.29, 0.717) is 24.0 Å². The maximum atomic E-state index is 12.9. The molecule has 0 aliphatic carbocycles. The molecule has 2 aromatic carbocycles. The van der Waals surface area contributed by atoms with Crippen LogP contribution in [-0.4, -0.2) is 87.7 Å². The molecular weight excluding hydrogens is 442 g/mol. The minimum Gasteiger partial charge on any atom is -0.493 e. The van der Waals surface area contributed by atoms with Crippen LogP contribution in [0, 0.1) is 5.92 Å². The molecule has 190 valence electrons. The molecule has 7 nitrogen and oxygen atoms in total. The van der Waals surface area contributed by atoms with Gasteiger partial charge in [0.2, 0.25) is 11.7 Å². The number of piperazine rings is 1. The molecule has 0 unspecified atom stereocenters. The van der Waals surface area contributed by atoms with Gasteiger partial charge in [-0.15, -0.1) is 0 Å². The fourth-order valence-corrected chi connectivity index (χ4v) is 5.26. The van der Waals surface area contributed by atoms with Gasteiger partial charge in [-0.3, -0.25) is 14.6 Å². The van der Waals surface area contributed by atoms with Crippen molar-refractivity contribution in [2.75, 3.05) is 67.1 Å². The molecule has 1 amide bonds. The molecule has 2 aliphatic heterocycles. The number of methoxy groups -OCH3 is 3. The van der Waals surface area contributed by atoms with Gasteiger partial charge in [-0.25, -0.2) is 0 Å². The van der Waals surface area contributed by atoms with Gasteiger partial charge in [-0.05, 0) is 36.8 Å². The Balaban J connectivity index is 1.22. The third kappa shape index (κ3) is 6.47. The van der Waals surface area contributed by atoms with Crippen LogP contribution in [0.15, 0.2) is 42.5 Å². The molecule has 4 rings (SSSR count). The quantitative estimate of drug-likeness (QED) is 0.548. The number of benzene rings is 2. The zero-order valence-corrected chi connectivity index (χ0v) is 21.4. The van der Waals surface area contributed by atoms with E-state index in [1.54, 1.807) is 21.3 Å². The van der Waals surface area contributed by atoms with Gasteiger partial charge >= 0.3 is 0 Å². The fourth-order valence-electron chi connectivity index (χ4n) is 5.26. The number of nitrogens with zero attached hydrogens (tertiary/aromatic N) is 3. The molecule has 0 atom stereocenters. The highest BCUT2D eigenvalue weighted by Gasteiger charge is 2.26. The highest BCUT2D eigenvalue weighted by Crippen LogP contribution is 2.40. The zero-order chi connectivity index (χ0) is 24.6. The summed E-state index contributed by atoms with van der Waals surface area (Å²) in [6.45, 7) is 6.70. The largest absolute Gasteiger partial charge is 0.493 e. The van der Waals surface area contributed by atoms with Crippen molar-refractivity contribution in [2.45, 2.75) is 25.8 Å². The average molecular weight is 482 g/mol. The highest BCUT2D eigenvalue weighted by atomic mass is 16.5. The minimum atomic E-state index is 0.276. The summed E-state index contributed by atoms with van der Waals surface area (Å²) in [7, 11) is 4.92. The lowest BCUT2D eigenvalue weighted by atomic mass is 9.90. The number of amides is 1. The number of rotatable bonds is 9. The Morgan fingerprint density at radius 3 is 2.09 bits per heavy atom. The molecule has 0 aromatic heterocycles. The summed E-state index contributed by atoms with van der Waals surface area (Å²) in [6.07, 6.45) is 3.32. The molecule has 2 heterocycles. The van der Waals surface area contributed by atoms with Crippen LogP contribution in [0.2, 0.25) is 0 Å². The Kier molecular flexibility index (Phi) is 8.88. The van der Waals surface area contributed by atoms with Gasteiger partial charge in [-0.2, -0.15) is 0 Å². The molecule has 0 saturated carbocycles. The molecule has 0 spiro atoms. The molecule has 0 bridgehead atoms. The number of carbonyl (C=O) groups is 1. The Bertz CT molecular complexity index is 952. The summed E-state index contributed by atoms with van der Waals surface area (Å²) >= 11 is 0. The number of ether oxygens (including phenoxy) is 3. The summed E-state index contributed by atoms with van der Waals surface area (Å²) in [4.78, 5) is 19.7. The predicted octanol–water partition coefficient (Wildman–Crippen LogP) is 3.31. The van der Waals surface area contributed by atoms with Gasteiger partial charge < -0.3 is 19.1 Å². The molecule has 2 aromatic rings.